The molecule has 0 bridgehead atoms. The fourth-order valence-electron chi connectivity index (χ4n) is 2.41. The largest absolute Gasteiger partial charge is 0.480 e. The van der Waals surface area contributed by atoms with Crippen molar-refractivity contribution < 1.29 is 14.2 Å². The molecule has 6 nitrogen and oxygen atoms in total. The third kappa shape index (κ3) is 4.98. The van der Waals surface area contributed by atoms with E-state index < -0.39 is 0 Å². The summed E-state index contributed by atoms with van der Waals surface area (Å²) in [6.07, 6.45) is 5.05. The van der Waals surface area contributed by atoms with Crippen molar-refractivity contribution in [1.82, 2.24) is 9.97 Å². The van der Waals surface area contributed by atoms with Crippen LogP contribution < -0.4 is 9.47 Å². The molecule has 0 saturated carbocycles. The molecule has 0 spiro atoms. The number of hydrogen-bond donors (Lipinski definition) is 0. The Morgan fingerprint density at radius 2 is 1.96 bits per heavy atom. The summed E-state index contributed by atoms with van der Waals surface area (Å²) in [4.78, 5) is 8.24. The summed E-state index contributed by atoms with van der Waals surface area (Å²) in [6, 6.07) is 10.6. The van der Waals surface area contributed by atoms with Gasteiger partial charge in [-0.15, -0.1) is 0 Å². The molecule has 28 heavy (non-hydrogen) atoms. The van der Waals surface area contributed by atoms with Gasteiger partial charge < -0.3 is 14.2 Å². The summed E-state index contributed by atoms with van der Waals surface area (Å²) in [7, 11) is 1.52. The average Bonchev–Trinajstić information content (AvgIpc) is 2.71. The molecule has 0 aliphatic heterocycles. The van der Waals surface area contributed by atoms with E-state index in [0.717, 1.165) is 5.56 Å². The predicted octanol–water partition coefficient (Wildman–Crippen LogP) is 5.28. The van der Waals surface area contributed by atoms with E-state index in [1.165, 1.54) is 7.11 Å². The second-order valence-corrected chi connectivity index (χ2v) is 6.90. The highest BCUT2D eigenvalue weighted by Gasteiger charge is 2.17. The molecule has 0 fully saturated rings. The first-order valence-electron chi connectivity index (χ1n) is 8.17. The van der Waals surface area contributed by atoms with Crippen LogP contribution in [0.5, 0.6) is 17.4 Å². The number of halogens is 2. The van der Waals surface area contributed by atoms with Crippen LogP contribution in [0.15, 0.2) is 53.4 Å². The minimum absolute atomic E-state index is 0.263. The highest BCUT2D eigenvalue weighted by Crippen LogP contribution is 2.39. The molecule has 0 radical (unpaired) electrons. The zero-order valence-electron chi connectivity index (χ0n) is 14.9. The van der Waals surface area contributed by atoms with Crippen LogP contribution in [0.25, 0.3) is 0 Å². The standard InChI is InChI=1S/C20H15BrClN3O3/c1-26-20-18(21)19(28-17-7-14(9-23)6-16(22)8-17)15(10-25-20)12-27-11-13-2-4-24-5-3-13/h2-8,10H,11-12H2,1H3. The van der Waals surface area contributed by atoms with Crippen LogP contribution >= 0.6 is 27.5 Å². The quantitative estimate of drug-likeness (QED) is 0.477. The number of nitrogens with zero attached hydrogens (tertiary/aromatic N) is 3. The van der Waals surface area contributed by atoms with Gasteiger partial charge in [0.15, 0.2) is 5.75 Å². The molecule has 0 aliphatic carbocycles. The first-order valence-corrected chi connectivity index (χ1v) is 9.34. The van der Waals surface area contributed by atoms with Gasteiger partial charge in [0.25, 0.3) is 0 Å². The lowest BCUT2D eigenvalue weighted by Crippen LogP contribution is -2.01. The SMILES string of the molecule is COc1ncc(COCc2ccncc2)c(Oc2cc(Cl)cc(C#N)c2)c1Br. The monoisotopic (exact) mass is 459 g/mol. The smallest absolute Gasteiger partial charge is 0.231 e. The van der Waals surface area contributed by atoms with Crippen LogP contribution in [-0.2, 0) is 18.0 Å². The molecule has 8 heteroatoms. The van der Waals surface area contributed by atoms with Crippen molar-refractivity contribution in [2.75, 3.05) is 7.11 Å². The van der Waals surface area contributed by atoms with Gasteiger partial charge in [0, 0.05) is 29.2 Å². The molecular formula is C20H15BrClN3O3. The minimum Gasteiger partial charge on any atom is -0.480 e. The summed E-state index contributed by atoms with van der Waals surface area (Å²) in [5.41, 5.74) is 2.11. The van der Waals surface area contributed by atoms with Gasteiger partial charge in [-0.1, -0.05) is 11.6 Å². The van der Waals surface area contributed by atoms with Gasteiger partial charge in [-0.05, 0) is 51.8 Å². The number of aromatic nitrogens is 2. The molecule has 0 atom stereocenters. The fraction of sp³-hybridized carbons (Fsp3) is 0.150. The van der Waals surface area contributed by atoms with Crippen molar-refractivity contribution >= 4 is 27.5 Å². The molecule has 142 valence electrons. The molecule has 3 aromatic rings. The minimum atomic E-state index is 0.263. The van der Waals surface area contributed by atoms with E-state index in [-0.39, 0.29) is 6.61 Å². The van der Waals surface area contributed by atoms with Gasteiger partial charge in [-0.3, -0.25) is 4.98 Å². The van der Waals surface area contributed by atoms with E-state index >= 15 is 0 Å². The van der Waals surface area contributed by atoms with Crippen LogP contribution in [0.2, 0.25) is 5.02 Å². The van der Waals surface area contributed by atoms with Crippen molar-refractivity contribution in [1.29, 1.82) is 5.26 Å². The van der Waals surface area contributed by atoms with Crippen molar-refractivity contribution in [3.05, 3.63) is 75.1 Å². The van der Waals surface area contributed by atoms with Gasteiger partial charge in [-0.25, -0.2) is 4.98 Å². The van der Waals surface area contributed by atoms with Crippen molar-refractivity contribution in [3.63, 3.8) is 0 Å². The first kappa shape index (κ1) is 20.1. The van der Waals surface area contributed by atoms with Crippen LogP contribution in [-0.4, -0.2) is 17.1 Å². The molecule has 0 amide bonds. The fourth-order valence-corrected chi connectivity index (χ4v) is 3.23. The Kier molecular flexibility index (Phi) is 6.82. The van der Waals surface area contributed by atoms with Gasteiger partial charge in [0.05, 0.1) is 32.0 Å². The Bertz CT molecular complexity index is 1010. The maximum Gasteiger partial charge on any atom is 0.231 e. The average molecular weight is 461 g/mol. The van der Waals surface area contributed by atoms with E-state index in [1.807, 2.05) is 12.1 Å². The highest BCUT2D eigenvalue weighted by molar-refractivity contribution is 9.10. The molecule has 0 N–H and O–H groups in total. The number of methoxy groups -OCH3 is 1. The summed E-state index contributed by atoms with van der Waals surface area (Å²) in [5, 5.41) is 9.54. The number of nitriles is 1. The molecule has 0 aliphatic rings. The zero-order valence-corrected chi connectivity index (χ0v) is 17.2. The van der Waals surface area contributed by atoms with E-state index in [0.29, 0.717) is 44.6 Å². The van der Waals surface area contributed by atoms with Crippen molar-refractivity contribution in [3.8, 4) is 23.4 Å². The summed E-state index contributed by atoms with van der Waals surface area (Å²) in [5.74, 6) is 1.27. The lowest BCUT2D eigenvalue weighted by atomic mass is 10.2. The Balaban J connectivity index is 1.85. The number of rotatable bonds is 7. The predicted molar refractivity (Wildman–Crippen MR) is 107 cm³/mol. The summed E-state index contributed by atoms with van der Waals surface area (Å²) in [6.45, 7) is 0.681. The summed E-state index contributed by atoms with van der Waals surface area (Å²) < 4.78 is 17.6. The normalized spacial score (nSPS) is 10.4. The molecule has 0 saturated heterocycles. The number of benzene rings is 1. The Morgan fingerprint density at radius 3 is 2.68 bits per heavy atom. The van der Waals surface area contributed by atoms with Gasteiger partial charge >= 0.3 is 0 Å². The third-order valence-corrected chi connectivity index (χ3v) is 4.62. The first-order chi connectivity index (χ1) is 13.6. The van der Waals surface area contributed by atoms with Gasteiger partial charge in [-0.2, -0.15) is 5.26 Å². The Hall–Kier alpha value is -2.66. The van der Waals surface area contributed by atoms with Crippen LogP contribution in [0.3, 0.4) is 0 Å². The number of hydrogen-bond acceptors (Lipinski definition) is 6. The Labute approximate surface area is 175 Å². The number of ether oxygens (including phenoxy) is 3. The van der Waals surface area contributed by atoms with E-state index in [9.17, 15) is 0 Å². The van der Waals surface area contributed by atoms with E-state index in [1.54, 1.807) is 36.8 Å². The maximum atomic E-state index is 9.14. The molecular weight excluding hydrogens is 446 g/mol. The molecule has 3 rings (SSSR count). The maximum absolute atomic E-state index is 9.14. The van der Waals surface area contributed by atoms with Gasteiger partial charge in [0.2, 0.25) is 5.88 Å². The lowest BCUT2D eigenvalue weighted by Gasteiger charge is -2.15. The van der Waals surface area contributed by atoms with Crippen molar-refractivity contribution in [2.45, 2.75) is 13.2 Å². The topological polar surface area (TPSA) is 77.3 Å². The van der Waals surface area contributed by atoms with Crippen LogP contribution in [0.1, 0.15) is 16.7 Å². The molecule has 2 aromatic heterocycles. The lowest BCUT2D eigenvalue weighted by molar-refractivity contribution is 0.105. The zero-order chi connectivity index (χ0) is 19.9. The second-order valence-electron chi connectivity index (χ2n) is 5.67. The third-order valence-electron chi connectivity index (χ3n) is 3.71. The van der Waals surface area contributed by atoms with E-state index in [2.05, 4.69) is 32.0 Å². The molecule has 2 heterocycles. The van der Waals surface area contributed by atoms with Crippen LogP contribution in [0.4, 0.5) is 0 Å². The molecule has 0 unspecified atom stereocenters. The van der Waals surface area contributed by atoms with E-state index in [4.69, 9.17) is 31.1 Å². The summed E-state index contributed by atoms with van der Waals surface area (Å²) >= 11 is 9.54. The highest BCUT2D eigenvalue weighted by atomic mass is 79.9. The number of pyridine rings is 2. The molecule has 1 aromatic carbocycles. The van der Waals surface area contributed by atoms with Crippen molar-refractivity contribution in [2.24, 2.45) is 0 Å². The Morgan fingerprint density at radius 1 is 1.18 bits per heavy atom. The van der Waals surface area contributed by atoms with Gasteiger partial charge in [0.1, 0.15) is 10.2 Å². The van der Waals surface area contributed by atoms with Crippen LogP contribution in [0, 0.1) is 11.3 Å². The second kappa shape index (κ2) is 9.51.